The molecule has 0 saturated carbocycles. The molecule has 0 aromatic carbocycles. The van der Waals surface area contributed by atoms with Gasteiger partial charge >= 0.3 is 6.03 Å². The third kappa shape index (κ3) is 5.01. The van der Waals surface area contributed by atoms with Crippen molar-refractivity contribution in [1.29, 1.82) is 0 Å². The Bertz CT molecular complexity index is 381. The number of amides is 2. The number of aliphatic hydroxyl groups is 1. The van der Waals surface area contributed by atoms with Crippen LogP contribution in [0.15, 0.2) is 6.20 Å². The van der Waals surface area contributed by atoms with Crippen molar-refractivity contribution in [3.05, 3.63) is 16.1 Å². The van der Waals surface area contributed by atoms with Crippen LogP contribution in [-0.4, -0.2) is 35.3 Å². The average Bonchev–Trinajstić information content (AvgIpc) is 2.73. The predicted octanol–water partition coefficient (Wildman–Crippen LogP) is 1.31. The molecule has 5 nitrogen and oxygen atoms in total. The summed E-state index contributed by atoms with van der Waals surface area (Å²) in [6.45, 7) is 6.42. The maximum atomic E-state index is 11.5. The molecule has 2 amide bonds. The van der Waals surface area contributed by atoms with E-state index in [2.05, 4.69) is 15.6 Å². The van der Waals surface area contributed by atoms with E-state index < -0.39 is 0 Å². The second-order valence-corrected chi connectivity index (χ2v) is 5.78. The zero-order chi connectivity index (χ0) is 13.5. The van der Waals surface area contributed by atoms with E-state index in [4.69, 9.17) is 5.11 Å². The van der Waals surface area contributed by atoms with Gasteiger partial charge in [0.05, 0.1) is 5.01 Å². The Balaban J connectivity index is 2.21. The van der Waals surface area contributed by atoms with Crippen molar-refractivity contribution in [2.45, 2.75) is 33.2 Å². The molecule has 18 heavy (non-hydrogen) atoms. The maximum absolute atomic E-state index is 11.5. The summed E-state index contributed by atoms with van der Waals surface area (Å²) in [5.74, 6) is 0.0531. The Labute approximate surface area is 112 Å². The second kappa shape index (κ2) is 7.33. The summed E-state index contributed by atoms with van der Waals surface area (Å²) in [6, 6.07) is -0.242. The predicted molar refractivity (Wildman–Crippen MR) is 72.8 cm³/mol. The van der Waals surface area contributed by atoms with Crippen LogP contribution in [-0.2, 0) is 6.42 Å². The van der Waals surface area contributed by atoms with Crippen LogP contribution in [0.5, 0.6) is 0 Å². The molecule has 1 aromatic rings. The van der Waals surface area contributed by atoms with E-state index in [0.29, 0.717) is 6.54 Å². The van der Waals surface area contributed by atoms with Crippen LogP contribution < -0.4 is 10.6 Å². The monoisotopic (exact) mass is 271 g/mol. The Morgan fingerprint density at radius 1 is 1.56 bits per heavy atom. The Hall–Kier alpha value is -1.14. The van der Waals surface area contributed by atoms with Crippen LogP contribution >= 0.6 is 11.3 Å². The lowest BCUT2D eigenvalue weighted by molar-refractivity contribution is 0.200. The van der Waals surface area contributed by atoms with Crippen LogP contribution in [0.4, 0.5) is 4.79 Å². The zero-order valence-electron chi connectivity index (χ0n) is 11.1. The molecule has 6 heteroatoms. The summed E-state index contributed by atoms with van der Waals surface area (Å²) in [7, 11) is 0. The first-order valence-electron chi connectivity index (χ1n) is 6.09. The molecular formula is C12H21N3O2S. The van der Waals surface area contributed by atoms with E-state index in [1.807, 2.05) is 27.0 Å². The number of hydrogen-bond acceptors (Lipinski definition) is 4. The van der Waals surface area contributed by atoms with Crippen LogP contribution in [0.1, 0.15) is 23.7 Å². The van der Waals surface area contributed by atoms with Crippen molar-refractivity contribution in [1.82, 2.24) is 15.6 Å². The Morgan fingerprint density at radius 3 is 2.83 bits per heavy atom. The van der Waals surface area contributed by atoms with Crippen molar-refractivity contribution in [3.8, 4) is 0 Å². The largest absolute Gasteiger partial charge is 0.396 e. The van der Waals surface area contributed by atoms with Gasteiger partial charge in [0.25, 0.3) is 0 Å². The number of nitrogens with zero attached hydrogens (tertiary/aromatic N) is 1. The number of thiazole rings is 1. The van der Waals surface area contributed by atoms with Gasteiger partial charge in [-0.3, -0.25) is 0 Å². The van der Waals surface area contributed by atoms with Crippen LogP contribution in [0.25, 0.3) is 0 Å². The van der Waals surface area contributed by atoms with E-state index in [1.54, 1.807) is 11.3 Å². The molecule has 0 aliphatic carbocycles. The van der Waals surface area contributed by atoms with Crippen molar-refractivity contribution >= 4 is 17.4 Å². The maximum Gasteiger partial charge on any atom is 0.315 e. The first-order chi connectivity index (χ1) is 8.52. The Morgan fingerprint density at radius 2 is 2.28 bits per heavy atom. The van der Waals surface area contributed by atoms with Gasteiger partial charge in [-0.15, -0.1) is 11.3 Å². The minimum Gasteiger partial charge on any atom is -0.396 e. The molecule has 2 atom stereocenters. The molecule has 0 aliphatic rings. The molecule has 0 unspecified atom stereocenters. The molecule has 0 saturated heterocycles. The molecule has 0 bridgehead atoms. The highest BCUT2D eigenvalue weighted by Crippen LogP contribution is 2.10. The minimum atomic E-state index is -0.198. The van der Waals surface area contributed by atoms with E-state index in [0.717, 1.165) is 11.4 Å². The van der Waals surface area contributed by atoms with Crippen molar-refractivity contribution in [3.63, 3.8) is 0 Å². The van der Waals surface area contributed by atoms with Crippen molar-refractivity contribution < 1.29 is 9.90 Å². The molecular weight excluding hydrogens is 250 g/mol. The lowest BCUT2D eigenvalue weighted by atomic mass is 10.1. The summed E-state index contributed by atoms with van der Waals surface area (Å²) >= 11 is 1.65. The minimum absolute atomic E-state index is 0.0443. The molecule has 1 rings (SSSR count). The highest BCUT2D eigenvalue weighted by atomic mass is 32.1. The van der Waals surface area contributed by atoms with Gasteiger partial charge in [0.1, 0.15) is 0 Å². The highest BCUT2D eigenvalue weighted by molar-refractivity contribution is 7.11. The second-order valence-electron chi connectivity index (χ2n) is 4.46. The van der Waals surface area contributed by atoms with Gasteiger partial charge in [0.15, 0.2) is 0 Å². The number of nitrogens with one attached hydrogen (secondary N) is 2. The number of carbonyl (C=O) groups is 1. The molecule has 0 radical (unpaired) electrons. The van der Waals surface area contributed by atoms with Crippen LogP contribution in [0.2, 0.25) is 0 Å². The number of hydrogen-bond donors (Lipinski definition) is 3. The summed E-state index contributed by atoms with van der Waals surface area (Å²) in [5, 5.41) is 15.6. The van der Waals surface area contributed by atoms with E-state index >= 15 is 0 Å². The molecule has 1 aromatic heterocycles. The topological polar surface area (TPSA) is 74.2 Å². The van der Waals surface area contributed by atoms with Crippen LogP contribution in [0.3, 0.4) is 0 Å². The number of carbonyl (C=O) groups excluding carboxylic acids is 1. The van der Waals surface area contributed by atoms with Crippen molar-refractivity contribution in [2.75, 3.05) is 13.2 Å². The number of aryl methyl sites for hydroxylation is 1. The number of aromatic nitrogens is 1. The summed E-state index contributed by atoms with van der Waals surface area (Å²) in [5.41, 5.74) is 0. The molecule has 1 heterocycles. The first kappa shape index (κ1) is 14.9. The quantitative estimate of drug-likeness (QED) is 0.730. The summed E-state index contributed by atoms with van der Waals surface area (Å²) in [4.78, 5) is 17.0. The number of rotatable bonds is 6. The van der Waals surface area contributed by atoms with Gasteiger partial charge in [-0.2, -0.15) is 0 Å². The fourth-order valence-electron chi connectivity index (χ4n) is 1.36. The fraction of sp³-hybridized carbons (Fsp3) is 0.667. The van der Waals surface area contributed by atoms with E-state index in [1.165, 1.54) is 4.88 Å². The van der Waals surface area contributed by atoms with Gasteiger partial charge < -0.3 is 15.7 Å². The normalized spacial score (nSPS) is 14.0. The molecule has 102 valence electrons. The fourth-order valence-corrected chi connectivity index (χ4v) is 2.14. The number of urea groups is 1. The standard InChI is InChI=1S/C12H21N3O2S/c1-8(7-16)10(3)15-12(17)13-5-4-11-14-6-9(2)18-11/h6,8,10,16H,4-5,7H2,1-3H3,(H2,13,15,17)/t8-,10-/m0/s1. The van der Waals surface area contributed by atoms with Gasteiger partial charge in [0, 0.05) is 36.7 Å². The Kier molecular flexibility index (Phi) is 6.07. The van der Waals surface area contributed by atoms with Gasteiger partial charge in [-0.05, 0) is 19.8 Å². The van der Waals surface area contributed by atoms with E-state index in [9.17, 15) is 4.79 Å². The lowest BCUT2D eigenvalue weighted by Gasteiger charge is -2.19. The van der Waals surface area contributed by atoms with Crippen molar-refractivity contribution in [2.24, 2.45) is 5.92 Å². The molecule has 0 fully saturated rings. The molecule has 3 N–H and O–H groups in total. The smallest absolute Gasteiger partial charge is 0.315 e. The van der Waals surface area contributed by atoms with Gasteiger partial charge in [-0.25, -0.2) is 9.78 Å². The molecule has 0 spiro atoms. The van der Waals surface area contributed by atoms with Gasteiger partial charge in [-0.1, -0.05) is 6.92 Å². The third-order valence-electron chi connectivity index (χ3n) is 2.79. The van der Waals surface area contributed by atoms with Crippen LogP contribution in [0, 0.1) is 12.8 Å². The number of aliphatic hydroxyl groups excluding tert-OH is 1. The molecule has 0 aliphatic heterocycles. The lowest BCUT2D eigenvalue weighted by Crippen LogP contribution is -2.44. The summed E-state index contributed by atoms with van der Waals surface area (Å²) < 4.78 is 0. The van der Waals surface area contributed by atoms with Gasteiger partial charge in [0.2, 0.25) is 0 Å². The van der Waals surface area contributed by atoms with E-state index in [-0.39, 0.29) is 24.6 Å². The highest BCUT2D eigenvalue weighted by Gasteiger charge is 2.13. The zero-order valence-corrected chi connectivity index (χ0v) is 11.9. The summed E-state index contributed by atoms with van der Waals surface area (Å²) in [6.07, 6.45) is 2.58. The first-order valence-corrected chi connectivity index (χ1v) is 6.91. The average molecular weight is 271 g/mol. The SMILES string of the molecule is Cc1cnc(CCNC(=O)N[C@@H](C)[C@@H](C)CO)s1. The third-order valence-corrected chi connectivity index (χ3v) is 3.77.